The molecule has 0 fully saturated rings. The van der Waals surface area contributed by atoms with Crippen molar-refractivity contribution < 1.29 is 0 Å². The number of fused-ring (bicyclic) bond motifs is 2. The summed E-state index contributed by atoms with van der Waals surface area (Å²) in [6.45, 7) is 0. The molecular formula is C19H12ClN5. The normalized spacial score (nSPS) is 12.6. The Morgan fingerprint density at radius 2 is 1.64 bits per heavy atom. The van der Waals surface area contributed by atoms with Crippen molar-refractivity contribution in [3.63, 3.8) is 0 Å². The molecule has 0 radical (unpaired) electrons. The fourth-order valence-electron chi connectivity index (χ4n) is 3.23. The Hall–Kier alpha value is -3.18. The number of nitrogens with zero attached hydrogens (tertiary/aromatic N) is 4. The molecule has 1 aliphatic heterocycles. The van der Waals surface area contributed by atoms with Gasteiger partial charge in [0, 0.05) is 27.9 Å². The minimum absolute atomic E-state index is 0.223. The molecule has 3 heterocycles. The van der Waals surface area contributed by atoms with Crippen LogP contribution in [0.5, 0.6) is 0 Å². The highest BCUT2D eigenvalue weighted by Gasteiger charge is 2.24. The third-order valence-corrected chi connectivity index (χ3v) is 4.63. The zero-order chi connectivity index (χ0) is 17.0. The molecule has 1 aliphatic rings. The van der Waals surface area contributed by atoms with Crippen LogP contribution in [-0.4, -0.2) is 20.3 Å². The average molecular weight is 346 g/mol. The molecule has 0 saturated heterocycles. The molecule has 4 aromatic rings. The molecule has 2 N–H and O–H groups in total. The van der Waals surface area contributed by atoms with Gasteiger partial charge in [0.15, 0.2) is 0 Å². The van der Waals surface area contributed by atoms with Crippen LogP contribution in [0.2, 0.25) is 5.02 Å². The van der Waals surface area contributed by atoms with E-state index in [4.69, 9.17) is 22.3 Å². The van der Waals surface area contributed by atoms with Gasteiger partial charge in [-0.1, -0.05) is 48.0 Å². The van der Waals surface area contributed by atoms with Crippen molar-refractivity contribution >= 4 is 34.5 Å². The van der Waals surface area contributed by atoms with Gasteiger partial charge in [0.1, 0.15) is 11.2 Å². The first-order valence-electron chi connectivity index (χ1n) is 7.80. The maximum Gasteiger partial charge on any atom is 0.238 e. The van der Waals surface area contributed by atoms with Gasteiger partial charge in [-0.05, 0) is 18.2 Å². The first-order valence-corrected chi connectivity index (χ1v) is 8.18. The van der Waals surface area contributed by atoms with Gasteiger partial charge < -0.3 is 5.73 Å². The quantitative estimate of drug-likeness (QED) is 0.497. The molecule has 2 aromatic carbocycles. The van der Waals surface area contributed by atoms with E-state index in [2.05, 4.69) is 10.1 Å². The average Bonchev–Trinajstić information content (AvgIpc) is 2.97. The Bertz CT molecular complexity index is 1180. The molecule has 0 saturated carbocycles. The van der Waals surface area contributed by atoms with Crippen LogP contribution in [0, 0.1) is 0 Å². The lowest BCUT2D eigenvalue weighted by Crippen LogP contribution is -2.06. The van der Waals surface area contributed by atoms with E-state index in [1.54, 1.807) is 4.52 Å². The summed E-state index contributed by atoms with van der Waals surface area (Å²) in [6.07, 6.45) is 1.87. The summed E-state index contributed by atoms with van der Waals surface area (Å²) in [4.78, 5) is 9.42. The minimum Gasteiger partial charge on any atom is -0.367 e. The highest BCUT2D eigenvalue weighted by Crippen LogP contribution is 2.38. The SMILES string of the molecule is Nc1nc2c3c(ccn3n1)C(c1ccccc1Cl)=Nc1ccccc1-2. The maximum absolute atomic E-state index is 6.45. The second-order valence-corrected chi connectivity index (χ2v) is 6.21. The van der Waals surface area contributed by atoms with Crippen LogP contribution in [0.4, 0.5) is 11.6 Å². The summed E-state index contributed by atoms with van der Waals surface area (Å²) in [5.41, 5.74) is 11.9. The molecule has 25 heavy (non-hydrogen) atoms. The number of rotatable bonds is 1. The lowest BCUT2D eigenvalue weighted by atomic mass is 10.0. The van der Waals surface area contributed by atoms with Crippen LogP contribution in [-0.2, 0) is 0 Å². The number of aliphatic imine (C=N–C) groups is 1. The Kier molecular flexibility index (Phi) is 2.93. The molecule has 5 rings (SSSR count). The Balaban J connectivity index is 1.95. The van der Waals surface area contributed by atoms with E-state index in [0.29, 0.717) is 5.02 Å². The van der Waals surface area contributed by atoms with Crippen LogP contribution in [0.15, 0.2) is 65.8 Å². The summed E-state index contributed by atoms with van der Waals surface area (Å²) < 4.78 is 1.75. The van der Waals surface area contributed by atoms with Gasteiger partial charge in [0.05, 0.1) is 11.4 Å². The first-order chi connectivity index (χ1) is 12.2. The molecule has 0 atom stereocenters. The van der Waals surface area contributed by atoms with Crippen molar-refractivity contribution in [1.82, 2.24) is 14.6 Å². The molecule has 0 aliphatic carbocycles. The Morgan fingerprint density at radius 3 is 2.48 bits per heavy atom. The summed E-state index contributed by atoms with van der Waals surface area (Å²) >= 11 is 6.45. The number of hydrogen-bond acceptors (Lipinski definition) is 4. The number of para-hydroxylation sites is 1. The molecule has 0 unspecified atom stereocenters. The van der Waals surface area contributed by atoms with E-state index in [-0.39, 0.29) is 5.95 Å². The van der Waals surface area contributed by atoms with Crippen molar-refractivity contribution in [1.29, 1.82) is 0 Å². The van der Waals surface area contributed by atoms with E-state index >= 15 is 0 Å². The standard InChI is InChI=1S/C19H12ClN5/c20-14-7-3-1-5-11(14)16-13-9-10-25-18(13)17(23-19(21)24-25)12-6-2-4-8-15(12)22-16/h1-10H,(H2,21,24). The van der Waals surface area contributed by atoms with E-state index in [0.717, 1.165) is 39.3 Å². The lowest BCUT2D eigenvalue weighted by Gasteiger charge is -2.07. The predicted molar refractivity (Wildman–Crippen MR) is 99.6 cm³/mol. The van der Waals surface area contributed by atoms with Crippen LogP contribution in [0.3, 0.4) is 0 Å². The van der Waals surface area contributed by atoms with Gasteiger partial charge in [-0.3, -0.25) is 0 Å². The smallest absolute Gasteiger partial charge is 0.238 e. The maximum atomic E-state index is 6.45. The van der Waals surface area contributed by atoms with E-state index < -0.39 is 0 Å². The highest BCUT2D eigenvalue weighted by atomic mass is 35.5. The summed E-state index contributed by atoms with van der Waals surface area (Å²) in [5.74, 6) is 0.223. The predicted octanol–water partition coefficient (Wildman–Crippen LogP) is 4.11. The number of hydrogen-bond donors (Lipinski definition) is 1. The van der Waals surface area contributed by atoms with Crippen molar-refractivity contribution in [2.45, 2.75) is 0 Å². The molecule has 0 bridgehead atoms. The monoisotopic (exact) mass is 345 g/mol. The third kappa shape index (κ3) is 2.06. The number of benzene rings is 2. The molecule has 6 heteroatoms. The zero-order valence-electron chi connectivity index (χ0n) is 13.0. The van der Waals surface area contributed by atoms with E-state index in [1.807, 2.05) is 60.8 Å². The lowest BCUT2D eigenvalue weighted by molar-refractivity contribution is 0.920. The van der Waals surface area contributed by atoms with Crippen molar-refractivity contribution in [2.24, 2.45) is 4.99 Å². The van der Waals surface area contributed by atoms with Crippen molar-refractivity contribution in [3.05, 3.63) is 76.9 Å². The van der Waals surface area contributed by atoms with Gasteiger partial charge in [-0.2, -0.15) is 0 Å². The van der Waals surface area contributed by atoms with Gasteiger partial charge in [-0.25, -0.2) is 14.5 Å². The number of halogens is 1. The van der Waals surface area contributed by atoms with E-state index in [1.165, 1.54) is 0 Å². The molecule has 0 amide bonds. The number of anilines is 1. The molecule has 2 aromatic heterocycles. The topological polar surface area (TPSA) is 68.6 Å². The van der Waals surface area contributed by atoms with Gasteiger partial charge in [-0.15, -0.1) is 5.10 Å². The minimum atomic E-state index is 0.223. The van der Waals surface area contributed by atoms with Gasteiger partial charge in [0.25, 0.3) is 0 Å². The van der Waals surface area contributed by atoms with E-state index in [9.17, 15) is 0 Å². The molecular weight excluding hydrogens is 334 g/mol. The van der Waals surface area contributed by atoms with Crippen LogP contribution >= 0.6 is 11.6 Å². The fourth-order valence-corrected chi connectivity index (χ4v) is 3.46. The van der Waals surface area contributed by atoms with Crippen molar-refractivity contribution in [3.8, 4) is 11.3 Å². The second kappa shape index (κ2) is 5.16. The van der Waals surface area contributed by atoms with Crippen molar-refractivity contribution in [2.75, 3.05) is 5.73 Å². The molecule has 0 spiro atoms. The number of nitrogens with two attached hydrogens (primary N) is 1. The fraction of sp³-hybridized carbons (Fsp3) is 0. The largest absolute Gasteiger partial charge is 0.367 e. The molecule has 120 valence electrons. The second-order valence-electron chi connectivity index (χ2n) is 5.80. The Morgan fingerprint density at radius 1 is 0.880 bits per heavy atom. The van der Waals surface area contributed by atoms with Crippen LogP contribution in [0.25, 0.3) is 16.8 Å². The van der Waals surface area contributed by atoms with Crippen LogP contribution in [0.1, 0.15) is 11.1 Å². The number of aromatic nitrogens is 3. The van der Waals surface area contributed by atoms with Crippen LogP contribution < -0.4 is 5.73 Å². The summed E-state index contributed by atoms with van der Waals surface area (Å²) in [6, 6.07) is 17.5. The zero-order valence-corrected chi connectivity index (χ0v) is 13.8. The summed E-state index contributed by atoms with van der Waals surface area (Å²) in [5, 5.41) is 4.95. The first kappa shape index (κ1) is 14.2. The van der Waals surface area contributed by atoms with Gasteiger partial charge in [0.2, 0.25) is 5.95 Å². The molecule has 5 nitrogen and oxygen atoms in total. The third-order valence-electron chi connectivity index (χ3n) is 4.30. The van der Waals surface area contributed by atoms with Gasteiger partial charge >= 0.3 is 0 Å². The number of nitrogen functional groups attached to an aromatic ring is 1. The summed E-state index contributed by atoms with van der Waals surface area (Å²) in [7, 11) is 0. The highest BCUT2D eigenvalue weighted by molar-refractivity contribution is 6.36. The Labute approximate surface area is 148 Å².